The van der Waals surface area contributed by atoms with Gasteiger partial charge in [-0.05, 0) is 75.3 Å². The number of amides is 1. The molecule has 0 radical (unpaired) electrons. The highest BCUT2D eigenvalue weighted by Gasteiger charge is 2.14. The van der Waals surface area contributed by atoms with Crippen LogP contribution in [0.3, 0.4) is 0 Å². The molecule has 0 aliphatic heterocycles. The normalized spacial score (nSPS) is 12.3. The maximum atomic E-state index is 12.5. The molecule has 0 aliphatic carbocycles. The summed E-state index contributed by atoms with van der Waals surface area (Å²) >= 11 is 3.37. The molecule has 2 rings (SSSR count). The Kier molecular flexibility index (Phi) is 11.4. The Hall–Kier alpha value is -1.44. The van der Waals surface area contributed by atoms with Crippen LogP contribution < -0.4 is 5.32 Å². The van der Waals surface area contributed by atoms with E-state index in [9.17, 15) is 9.00 Å². The van der Waals surface area contributed by atoms with Gasteiger partial charge in [-0.15, -0.1) is 0 Å². The van der Waals surface area contributed by atoms with Gasteiger partial charge in [-0.1, -0.05) is 42.6 Å². The zero-order valence-corrected chi connectivity index (χ0v) is 20.4. The third kappa shape index (κ3) is 8.74. The lowest BCUT2D eigenvalue weighted by Gasteiger charge is -2.21. The van der Waals surface area contributed by atoms with E-state index in [0.29, 0.717) is 12.3 Å². The summed E-state index contributed by atoms with van der Waals surface area (Å²) in [6.45, 7) is 8.29. The summed E-state index contributed by atoms with van der Waals surface area (Å²) in [6, 6.07) is 10.7. The maximum absolute atomic E-state index is 12.5. The van der Waals surface area contributed by atoms with E-state index in [1.54, 1.807) is 12.1 Å². The van der Waals surface area contributed by atoms with Gasteiger partial charge in [-0.25, -0.2) is 0 Å². The van der Waals surface area contributed by atoms with Crippen LogP contribution in [0, 0.1) is 0 Å². The quantitative estimate of drug-likeness (QED) is 0.357. The molecule has 0 spiro atoms. The Labute approximate surface area is 191 Å². The summed E-state index contributed by atoms with van der Waals surface area (Å²) in [5.74, 6) is 0.848. The second-order valence-corrected chi connectivity index (χ2v) is 9.73. The molecular weight excluding hydrogens is 464 g/mol. The number of nitrogens with one attached hydrogen (secondary N) is 1. The highest BCUT2D eigenvalue weighted by atomic mass is 79.9. The van der Waals surface area contributed by atoms with Crippen LogP contribution in [0.5, 0.6) is 0 Å². The van der Waals surface area contributed by atoms with Gasteiger partial charge in [0.2, 0.25) is 0 Å². The van der Waals surface area contributed by atoms with E-state index >= 15 is 0 Å². The molecule has 0 bridgehead atoms. The van der Waals surface area contributed by atoms with Crippen LogP contribution in [0.15, 0.2) is 50.2 Å². The minimum Gasteiger partial charge on any atom is -0.455 e. The van der Waals surface area contributed by atoms with Crippen LogP contribution in [-0.2, 0) is 16.6 Å². The number of halogens is 1. The van der Waals surface area contributed by atoms with E-state index < -0.39 is 10.8 Å². The molecule has 2 aromatic rings. The average Bonchev–Trinajstić information content (AvgIpc) is 3.21. The molecule has 5 nitrogen and oxygen atoms in total. The molecule has 1 aromatic heterocycles. The van der Waals surface area contributed by atoms with Crippen molar-refractivity contribution in [2.45, 2.75) is 56.6 Å². The molecule has 0 fully saturated rings. The largest absolute Gasteiger partial charge is 0.455 e. The number of carbonyl (C=O) groups is 1. The first-order chi connectivity index (χ1) is 14.5. The zero-order valence-electron chi connectivity index (χ0n) is 18.0. The molecule has 1 aromatic carbocycles. The van der Waals surface area contributed by atoms with Gasteiger partial charge in [0.1, 0.15) is 5.76 Å². The molecule has 1 atom stereocenters. The van der Waals surface area contributed by atoms with E-state index in [1.165, 1.54) is 25.7 Å². The second-order valence-electron chi connectivity index (χ2n) is 7.37. The van der Waals surface area contributed by atoms with Crippen molar-refractivity contribution in [3.8, 4) is 0 Å². The number of hydrogen-bond donors (Lipinski definition) is 1. The van der Waals surface area contributed by atoms with Gasteiger partial charge < -0.3 is 14.6 Å². The van der Waals surface area contributed by atoms with Crippen molar-refractivity contribution in [3.05, 3.63) is 52.4 Å². The average molecular weight is 497 g/mol. The summed E-state index contributed by atoms with van der Waals surface area (Å²) in [7, 11) is -1.21. The minimum absolute atomic E-state index is 0.218. The van der Waals surface area contributed by atoms with Crippen LogP contribution in [0.4, 0.5) is 0 Å². The van der Waals surface area contributed by atoms with Gasteiger partial charge >= 0.3 is 0 Å². The molecule has 1 N–H and O–H groups in total. The van der Waals surface area contributed by atoms with Gasteiger partial charge in [0.05, 0.1) is 16.6 Å². The lowest BCUT2D eigenvalue weighted by atomic mass is 10.2. The number of unbranched alkanes of at least 4 members (excludes halogenated alkanes) is 2. The van der Waals surface area contributed by atoms with Gasteiger partial charge in [-0.2, -0.15) is 0 Å². The van der Waals surface area contributed by atoms with E-state index in [0.717, 1.165) is 35.4 Å². The fourth-order valence-electron chi connectivity index (χ4n) is 3.07. The van der Waals surface area contributed by atoms with Crippen molar-refractivity contribution in [1.29, 1.82) is 0 Å². The second kappa shape index (κ2) is 13.8. The Morgan fingerprint density at radius 3 is 2.27 bits per heavy atom. The van der Waals surface area contributed by atoms with E-state index in [1.807, 2.05) is 24.3 Å². The van der Waals surface area contributed by atoms with Crippen molar-refractivity contribution in [2.24, 2.45) is 0 Å². The van der Waals surface area contributed by atoms with Crippen molar-refractivity contribution in [3.63, 3.8) is 0 Å². The number of carbonyl (C=O) groups excluding carboxylic acids is 1. The predicted octanol–water partition coefficient (Wildman–Crippen LogP) is 5.37. The van der Waals surface area contributed by atoms with Crippen LogP contribution in [0.1, 0.15) is 62.3 Å². The van der Waals surface area contributed by atoms with Gasteiger partial charge in [-0.3, -0.25) is 9.00 Å². The monoisotopic (exact) mass is 496 g/mol. The van der Waals surface area contributed by atoms with Crippen molar-refractivity contribution >= 4 is 32.6 Å². The Bertz CT molecular complexity index is 784. The predicted molar refractivity (Wildman–Crippen MR) is 126 cm³/mol. The van der Waals surface area contributed by atoms with E-state index in [-0.39, 0.29) is 17.4 Å². The summed E-state index contributed by atoms with van der Waals surface area (Å²) in [5, 5.41) is 2.93. The SMILES string of the molecule is CCCCN(CCCC)CCCNC(=O)c1ccc(CS(=O)c2ccc(Br)cc2)o1. The molecule has 1 amide bonds. The standard InChI is InChI=1S/C23H33BrN2O3S/c1-3-5-15-26(16-6-4-2)17-7-14-25-23(27)22-13-10-20(29-22)18-30(28)21-11-8-19(24)9-12-21/h8-13H,3-7,14-18H2,1-2H3,(H,25,27). The molecule has 1 heterocycles. The summed E-state index contributed by atoms with van der Waals surface area (Å²) in [6.07, 6.45) is 5.75. The molecular formula is C23H33BrN2O3S. The fraction of sp³-hybridized carbons (Fsp3) is 0.522. The topological polar surface area (TPSA) is 62.6 Å². The Morgan fingerprint density at radius 1 is 1.00 bits per heavy atom. The smallest absolute Gasteiger partial charge is 0.286 e. The molecule has 0 aliphatic rings. The highest BCUT2D eigenvalue weighted by Crippen LogP contribution is 2.17. The van der Waals surface area contributed by atoms with Crippen LogP contribution in [-0.4, -0.2) is 41.2 Å². The van der Waals surface area contributed by atoms with Crippen LogP contribution in [0.25, 0.3) is 0 Å². The van der Waals surface area contributed by atoms with E-state index in [2.05, 4.69) is 40.0 Å². The van der Waals surface area contributed by atoms with Crippen molar-refractivity contribution < 1.29 is 13.4 Å². The number of nitrogens with zero attached hydrogens (tertiary/aromatic N) is 1. The third-order valence-electron chi connectivity index (χ3n) is 4.83. The third-order valence-corrected chi connectivity index (χ3v) is 6.70. The molecule has 0 saturated carbocycles. The minimum atomic E-state index is -1.21. The molecule has 7 heteroatoms. The van der Waals surface area contributed by atoms with Crippen molar-refractivity contribution in [2.75, 3.05) is 26.2 Å². The number of benzene rings is 1. The van der Waals surface area contributed by atoms with Gasteiger partial charge in [0.25, 0.3) is 5.91 Å². The highest BCUT2D eigenvalue weighted by molar-refractivity contribution is 9.10. The fourth-order valence-corrected chi connectivity index (χ4v) is 4.35. The zero-order chi connectivity index (χ0) is 21.8. The first-order valence-electron chi connectivity index (χ1n) is 10.8. The molecule has 166 valence electrons. The lowest BCUT2D eigenvalue weighted by molar-refractivity contribution is 0.0922. The Morgan fingerprint density at radius 2 is 1.63 bits per heavy atom. The summed E-state index contributed by atoms with van der Waals surface area (Å²) in [4.78, 5) is 15.6. The number of hydrogen-bond acceptors (Lipinski definition) is 4. The van der Waals surface area contributed by atoms with Gasteiger partial charge in [0, 0.05) is 15.9 Å². The Balaban J connectivity index is 1.76. The summed E-state index contributed by atoms with van der Waals surface area (Å²) in [5.41, 5.74) is 0. The number of rotatable bonds is 14. The molecule has 1 unspecified atom stereocenters. The molecule has 30 heavy (non-hydrogen) atoms. The van der Waals surface area contributed by atoms with Gasteiger partial charge in [0.15, 0.2) is 5.76 Å². The van der Waals surface area contributed by atoms with Crippen molar-refractivity contribution in [1.82, 2.24) is 10.2 Å². The first kappa shape index (κ1) is 24.8. The first-order valence-corrected chi connectivity index (χ1v) is 12.9. The molecule has 0 saturated heterocycles. The lowest BCUT2D eigenvalue weighted by Crippen LogP contribution is -2.31. The summed E-state index contributed by atoms with van der Waals surface area (Å²) < 4.78 is 19.0. The van der Waals surface area contributed by atoms with Crippen LogP contribution >= 0.6 is 15.9 Å². The van der Waals surface area contributed by atoms with Crippen LogP contribution in [0.2, 0.25) is 0 Å². The number of furan rings is 1. The maximum Gasteiger partial charge on any atom is 0.286 e. The van der Waals surface area contributed by atoms with E-state index in [4.69, 9.17) is 4.42 Å².